The number of nitrogens with zero attached hydrogens (tertiary/aromatic N) is 4. The van der Waals surface area contributed by atoms with Crippen LogP contribution in [-0.2, 0) is 15.0 Å². The van der Waals surface area contributed by atoms with Crippen LogP contribution in [0.25, 0.3) is 0 Å². The van der Waals surface area contributed by atoms with Gasteiger partial charge in [-0.15, -0.1) is 0 Å². The van der Waals surface area contributed by atoms with Gasteiger partial charge in [0.15, 0.2) is 0 Å². The minimum absolute atomic E-state index is 0.0417. The van der Waals surface area contributed by atoms with E-state index in [9.17, 15) is 13.2 Å². The second-order valence-electron chi connectivity index (χ2n) is 4.87. The number of hydrogen-bond acceptors (Lipinski definition) is 5. The number of rotatable bonds is 7. The van der Waals surface area contributed by atoms with Gasteiger partial charge < -0.3 is 5.32 Å². The predicted molar refractivity (Wildman–Crippen MR) is 78.5 cm³/mol. The Balaban J connectivity index is 2.48. The summed E-state index contributed by atoms with van der Waals surface area (Å²) in [6.45, 7) is 4.72. The Morgan fingerprint density at radius 1 is 1.33 bits per heavy atom. The Kier molecular flexibility index (Phi) is 7.04. The summed E-state index contributed by atoms with van der Waals surface area (Å²) in [5, 5.41) is 11.2. The molecule has 21 heavy (non-hydrogen) atoms. The Labute approximate surface area is 126 Å². The Morgan fingerprint density at radius 2 is 1.95 bits per heavy atom. The zero-order valence-corrected chi connectivity index (χ0v) is 13.4. The molecular formula is C12H23N5O3S. The zero-order valence-electron chi connectivity index (χ0n) is 12.6. The van der Waals surface area contributed by atoms with E-state index < -0.39 is 10.2 Å². The Bertz CT molecular complexity index is 480. The second kappa shape index (κ2) is 8.29. The van der Waals surface area contributed by atoms with Crippen LogP contribution < -0.4 is 5.32 Å². The van der Waals surface area contributed by atoms with Crippen molar-refractivity contribution in [2.75, 3.05) is 52.9 Å². The fourth-order valence-electron chi connectivity index (χ4n) is 2.09. The summed E-state index contributed by atoms with van der Waals surface area (Å²) in [6.07, 6.45) is 0.173. The molecule has 0 bridgehead atoms. The minimum atomic E-state index is -3.51. The summed E-state index contributed by atoms with van der Waals surface area (Å²) in [7, 11) is -2.03. The topological polar surface area (TPSA) is 96.8 Å². The number of nitrogens with one attached hydrogen (secondary N) is 1. The van der Waals surface area contributed by atoms with Crippen LogP contribution in [0.3, 0.4) is 0 Å². The summed E-state index contributed by atoms with van der Waals surface area (Å²) < 4.78 is 27.1. The van der Waals surface area contributed by atoms with Gasteiger partial charge in [0.1, 0.15) is 0 Å². The van der Waals surface area contributed by atoms with E-state index in [1.165, 1.54) is 15.7 Å². The minimum Gasteiger partial charge on any atom is -0.355 e. The number of amides is 1. The van der Waals surface area contributed by atoms with Crippen LogP contribution in [0.1, 0.15) is 13.3 Å². The van der Waals surface area contributed by atoms with Crippen LogP contribution in [-0.4, -0.2) is 80.7 Å². The molecule has 1 rings (SSSR count). The molecule has 0 aromatic rings. The Morgan fingerprint density at radius 3 is 2.48 bits per heavy atom. The Hall–Kier alpha value is -1.21. The van der Waals surface area contributed by atoms with Gasteiger partial charge in [-0.25, -0.2) is 0 Å². The van der Waals surface area contributed by atoms with Gasteiger partial charge in [0.25, 0.3) is 10.2 Å². The largest absolute Gasteiger partial charge is 0.355 e. The van der Waals surface area contributed by atoms with E-state index in [2.05, 4.69) is 5.32 Å². The fourth-order valence-corrected chi connectivity index (χ4v) is 3.44. The molecular weight excluding hydrogens is 294 g/mol. The lowest BCUT2D eigenvalue weighted by Gasteiger charge is -2.35. The first kappa shape index (κ1) is 17.8. The van der Waals surface area contributed by atoms with Gasteiger partial charge in [-0.2, -0.15) is 22.3 Å². The van der Waals surface area contributed by atoms with E-state index in [0.29, 0.717) is 39.3 Å². The van der Waals surface area contributed by atoms with Crippen LogP contribution in [0.15, 0.2) is 0 Å². The molecule has 1 fully saturated rings. The molecule has 120 valence electrons. The highest BCUT2D eigenvalue weighted by Crippen LogP contribution is 2.11. The average Bonchev–Trinajstić information content (AvgIpc) is 2.45. The van der Waals surface area contributed by atoms with E-state index >= 15 is 0 Å². The normalized spacial score (nSPS) is 17.6. The number of carbonyl (C=O) groups is 1. The first-order valence-corrected chi connectivity index (χ1v) is 8.39. The van der Waals surface area contributed by atoms with Gasteiger partial charge in [-0.3, -0.25) is 9.69 Å². The van der Waals surface area contributed by atoms with Crippen molar-refractivity contribution in [3.05, 3.63) is 0 Å². The van der Waals surface area contributed by atoms with Gasteiger partial charge in [0.2, 0.25) is 5.91 Å². The van der Waals surface area contributed by atoms with Crippen molar-refractivity contribution in [3.63, 3.8) is 0 Å². The third-order valence-corrected chi connectivity index (χ3v) is 5.32. The number of likely N-dealkylation sites (N-methyl/N-ethyl adjacent to an activating group) is 1. The van der Waals surface area contributed by atoms with Gasteiger partial charge in [-0.05, 0) is 6.92 Å². The smallest absolute Gasteiger partial charge is 0.281 e. The maximum absolute atomic E-state index is 12.3. The third kappa shape index (κ3) is 5.24. The quantitative estimate of drug-likeness (QED) is 0.638. The maximum atomic E-state index is 12.3. The highest BCUT2D eigenvalue weighted by Gasteiger charge is 2.30. The molecule has 0 aromatic carbocycles. The second-order valence-corrected chi connectivity index (χ2v) is 6.90. The zero-order chi connectivity index (χ0) is 15.9. The number of carbonyl (C=O) groups excluding carboxylic acids is 1. The standard InChI is InChI=1S/C12H23N5O3S/c1-3-14-12(18)11-16-7-9-17(10-8-16)21(19,20)15(2)6-4-5-13/h3-4,6-11H2,1-2H3,(H,14,18). The molecule has 0 aliphatic carbocycles. The number of piperazine rings is 1. The first-order valence-electron chi connectivity index (χ1n) is 6.99. The lowest BCUT2D eigenvalue weighted by Crippen LogP contribution is -2.53. The molecule has 0 aromatic heterocycles. The third-order valence-electron chi connectivity index (χ3n) is 3.33. The van der Waals surface area contributed by atoms with Crippen molar-refractivity contribution in [2.24, 2.45) is 0 Å². The lowest BCUT2D eigenvalue weighted by atomic mass is 10.3. The molecule has 0 atom stereocenters. The van der Waals surface area contributed by atoms with Gasteiger partial charge in [-0.1, -0.05) is 0 Å². The lowest BCUT2D eigenvalue weighted by molar-refractivity contribution is -0.122. The van der Waals surface area contributed by atoms with Crippen molar-refractivity contribution in [1.82, 2.24) is 18.8 Å². The van der Waals surface area contributed by atoms with Crippen LogP contribution in [0.5, 0.6) is 0 Å². The highest BCUT2D eigenvalue weighted by molar-refractivity contribution is 7.86. The van der Waals surface area contributed by atoms with Crippen molar-refractivity contribution in [2.45, 2.75) is 13.3 Å². The van der Waals surface area contributed by atoms with Gasteiger partial charge in [0.05, 0.1) is 12.6 Å². The van der Waals surface area contributed by atoms with E-state index in [1.54, 1.807) is 0 Å². The summed E-state index contributed by atoms with van der Waals surface area (Å²) in [6, 6.07) is 1.94. The maximum Gasteiger partial charge on any atom is 0.281 e. The molecule has 1 aliphatic heterocycles. The van der Waals surface area contributed by atoms with Gasteiger partial charge >= 0.3 is 0 Å². The molecule has 1 N–H and O–H groups in total. The van der Waals surface area contributed by atoms with Crippen molar-refractivity contribution >= 4 is 16.1 Å². The molecule has 0 saturated carbocycles. The van der Waals surface area contributed by atoms with Crippen LogP contribution in [0.4, 0.5) is 0 Å². The van der Waals surface area contributed by atoms with Crippen LogP contribution in [0.2, 0.25) is 0 Å². The van der Waals surface area contributed by atoms with E-state index in [0.717, 1.165) is 0 Å². The summed E-state index contributed by atoms with van der Waals surface area (Å²) in [5.41, 5.74) is 0. The molecule has 9 heteroatoms. The molecule has 1 aliphatic rings. The highest BCUT2D eigenvalue weighted by atomic mass is 32.2. The van der Waals surface area contributed by atoms with Crippen LogP contribution >= 0.6 is 0 Å². The number of nitriles is 1. The molecule has 1 amide bonds. The van der Waals surface area contributed by atoms with Crippen molar-refractivity contribution < 1.29 is 13.2 Å². The average molecular weight is 317 g/mol. The molecule has 0 radical (unpaired) electrons. The molecule has 0 spiro atoms. The fraction of sp³-hybridized carbons (Fsp3) is 0.833. The van der Waals surface area contributed by atoms with E-state index in [-0.39, 0.29) is 18.9 Å². The number of hydrogen-bond donors (Lipinski definition) is 1. The van der Waals surface area contributed by atoms with Crippen LogP contribution in [0, 0.1) is 11.3 Å². The SMILES string of the molecule is CCNC(=O)CN1CCN(S(=O)(=O)N(C)CCC#N)CC1. The van der Waals surface area contributed by atoms with Gasteiger partial charge in [0, 0.05) is 52.7 Å². The van der Waals surface area contributed by atoms with Crippen molar-refractivity contribution in [1.29, 1.82) is 5.26 Å². The van der Waals surface area contributed by atoms with Crippen molar-refractivity contribution in [3.8, 4) is 6.07 Å². The molecule has 0 unspecified atom stereocenters. The monoisotopic (exact) mass is 317 g/mol. The summed E-state index contributed by atoms with van der Waals surface area (Å²) >= 11 is 0. The molecule has 1 heterocycles. The van der Waals surface area contributed by atoms with E-state index in [4.69, 9.17) is 5.26 Å². The van der Waals surface area contributed by atoms with E-state index in [1.807, 2.05) is 17.9 Å². The summed E-state index contributed by atoms with van der Waals surface area (Å²) in [5.74, 6) is -0.0417. The molecule has 1 saturated heterocycles. The molecule has 8 nitrogen and oxygen atoms in total. The predicted octanol–water partition coefficient (Wildman–Crippen LogP) is -1.17. The first-order chi connectivity index (χ1) is 9.91. The summed E-state index contributed by atoms with van der Waals surface area (Å²) in [4.78, 5) is 13.4.